The van der Waals surface area contributed by atoms with E-state index in [1.165, 1.54) is 12.8 Å². The molecule has 38 valence electrons. The number of rotatable bonds is 0. The summed E-state index contributed by atoms with van der Waals surface area (Å²) in [4.78, 5) is 0. The second-order valence-corrected chi connectivity index (χ2v) is 2.84. The minimum Gasteiger partial charge on any atom is -0.0816 e. The molecular weight excluding hydrogens is 84.1 g/mol. The fraction of sp³-hybridized carbons (Fsp3) is 0.714. The third-order valence-corrected chi connectivity index (χ3v) is 2.24. The van der Waals surface area contributed by atoms with Crippen molar-refractivity contribution in [1.29, 1.82) is 0 Å². The molecule has 2 unspecified atom stereocenters. The Morgan fingerprint density at radius 2 is 2.43 bits per heavy atom. The summed E-state index contributed by atoms with van der Waals surface area (Å²) in [5.74, 6) is 1.95. The molecule has 2 bridgehead atoms. The highest BCUT2D eigenvalue weighted by atomic mass is 14.4. The van der Waals surface area contributed by atoms with Crippen LogP contribution in [0.1, 0.15) is 19.8 Å². The molecule has 1 saturated carbocycles. The third-order valence-electron chi connectivity index (χ3n) is 2.24. The molecule has 0 aromatic carbocycles. The topological polar surface area (TPSA) is 0 Å². The summed E-state index contributed by atoms with van der Waals surface area (Å²) in [7, 11) is 0. The Hall–Kier alpha value is -0.260. The minimum atomic E-state index is 0.949. The van der Waals surface area contributed by atoms with E-state index in [4.69, 9.17) is 0 Å². The van der Waals surface area contributed by atoms with E-state index >= 15 is 0 Å². The van der Waals surface area contributed by atoms with Crippen LogP contribution in [0.25, 0.3) is 0 Å². The van der Waals surface area contributed by atoms with Crippen molar-refractivity contribution in [2.45, 2.75) is 19.8 Å². The maximum absolute atomic E-state index is 2.44. The summed E-state index contributed by atoms with van der Waals surface area (Å²) in [5.41, 5.74) is 1.73. The number of fused-ring (bicyclic) bond motifs is 1. The van der Waals surface area contributed by atoms with Crippen LogP contribution in [0.2, 0.25) is 0 Å². The van der Waals surface area contributed by atoms with Gasteiger partial charge in [-0.25, -0.2) is 0 Å². The summed E-state index contributed by atoms with van der Waals surface area (Å²) in [6.07, 6.45) is 5.32. The van der Waals surface area contributed by atoms with Crippen molar-refractivity contribution in [3.8, 4) is 0 Å². The third kappa shape index (κ3) is 0.324. The van der Waals surface area contributed by atoms with E-state index in [1.807, 2.05) is 0 Å². The molecule has 0 aromatic rings. The van der Waals surface area contributed by atoms with E-state index in [0.29, 0.717) is 0 Å². The van der Waals surface area contributed by atoms with Gasteiger partial charge in [0.1, 0.15) is 0 Å². The molecule has 0 radical (unpaired) electrons. The van der Waals surface area contributed by atoms with Crippen LogP contribution in [0, 0.1) is 11.8 Å². The first kappa shape index (κ1) is 3.71. The van der Waals surface area contributed by atoms with Crippen LogP contribution < -0.4 is 0 Å². The van der Waals surface area contributed by atoms with Gasteiger partial charge in [0.2, 0.25) is 0 Å². The standard InChI is InChI=1S/C7H10/c1-5-2-6-3-7(5)4-6/h3,5-6H,2,4H2,1H3. The molecule has 0 aromatic heterocycles. The van der Waals surface area contributed by atoms with Crippen molar-refractivity contribution in [3.63, 3.8) is 0 Å². The van der Waals surface area contributed by atoms with Gasteiger partial charge >= 0.3 is 0 Å². The van der Waals surface area contributed by atoms with Crippen LogP contribution in [0.3, 0.4) is 0 Å². The quantitative estimate of drug-likeness (QED) is 0.402. The lowest BCUT2D eigenvalue weighted by Crippen LogP contribution is -1.95. The molecule has 7 heavy (non-hydrogen) atoms. The molecule has 3 rings (SSSR count). The first-order valence-electron chi connectivity index (χ1n) is 3.07. The first-order chi connectivity index (χ1) is 3.36. The SMILES string of the molecule is CC1CC2C=C1C2. The zero-order chi connectivity index (χ0) is 4.85. The van der Waals surface area contributed by atoms with Crippen LogP contribution >= 0.6 is 0 Å². The minimum absolute atomic E-state index is 0.949. The highest BCUT2D eigenvalue weighted by Crippen LogP contribution is 2.45. The zero-order valence-corrected chi connectivity index (χ0v) is 4.65. The highest BCUT2D eigenvalue weighted by Gasteiger charge is 2.32. The summed E-state index contributed by atoms with van der Waals surface area (Å²) >= 11 is 0. The lowest BCUT2D eigenvalue weighted by atomic mass is 9.96. The zero-order valence-electron chi connectivity index (χ0n) is 4.65. The lowest BCUT2D eigenvalue weighted by molar-refractivity contribution is 0.630. The second-order valence-electron chi connectivity index (χ2n) is 2.84. The van der Waals surface area contributed by atoms with Gasteiger partial charge in [0, 0.05) is 0 Å². The van der Waals surface area contributed by atoms with Gasteiger partial charge < -0.3 is 0 Å². The molecule has 0 saturated heterocycles. The summed E-state index contributed by atoms with van der Waals surface area (Å²) in [6.45, 7) is 2.33. The van der Waals surface area contributed by atoms with Crippen LogP contribution in [-0.4, -0.2) is 0 Å². The largest absolute Gasteiger partial charge is 0.0816 e. The lowest BCUT2D eigenvalue weighted by Gasteiger charge is -2.10. The Bertz CT molecular complexity index is 122. The van der Waals surface area contributed by atoms with Crippen LogP contribution in [-0.2, 0) is 0 Å². The van der Waals surface area contributed by atoms with Crippen molar-refractivity contribution >= 4 is 0 Å². The van der Waals surface area contributed by atoms with Gasteiger partial charge in [-0.15, -0.1) is 0 Å². The Labute approximate surface area is 44.2 Å². The van der Waals surface area contributed by atoms with Crippen molar-refractivity contribution in [3.05, 3.63) is 11.6 Å². The monoisotopic (exact) mass is 94.1 g/mol. The molecule has 0 N–H and O–H groups in total. The van der Waals surface area contributed by atoms with Gasteiger partial charge in [0.25, 0.3) is 0 Å². The van der Waals surface area contributed by atoms with Gasteiger partial charge in [0.05, 0.1) is 0 Å². The smallest absolute Gasteiger partial charge is 0.0188 e. The van der Waals surface area contributed by atoms with Crippen molar-refractivity contribution < 1.29 is 0 Å². The average Bonchev–Trinajstić information content (AvgIpc) is 1.85. The Morgan fingerprint density at radius 3 is 2.57 bits per heavy atom. The van der Waals surface area contributed by atoms with Gasteiger partial charge in [0.15, 0.2) is 0 Å². The van der Waals surface area contributed by atoms with E-state index in [9.17, 15) is 0 Å². The fourth-order valence-electron chi connectivity index (χ4n) is 1.69. The molecule has 0 nitrogen and oxygen atoms in total. The van der Waals surface area contributed by atoms with Gasteiger partial charge in [-0.2, -0.15) is 0 Å². The number of hydrogen-bond acceptors (Lipinski definition) is 0. The van der Waals surface area contributed by atoms with Gasteiger partial charge in [-0.05, 0) is 24.7 Å². The molecule has 3 aliphatic rings. The molecule has 0 amide bonds. The number of hydrogen-bond donors (Lipinski definition) is 0. The van der Waals surface area contributed by atoms with E-state index in [0.717, 1.165) is 11.8 Å². The molecule has 0 heterocycles. The average molecular weight is 94.2 g/mol. The van der Waals surface area contributed by atoms with E-state index in [2.05, 4.69) is 13.0 Å². The first-order valence-corrected chi connectivity index (χ1v) is 3.07. The summed E-state index contributed by atoms with van der Waals surface area (Å²) in [5, 5.41) is 0. The van der Waals surface area contributed by atoms with E-state index < -0.39 is 0 Å². The van der Waals surface area contributed by atoms with Crippen molar-refractivity contribution in [2.75, 3.05) is 0 Å². The Balaban J connectivity index is 2.30. The summed E-state index contributed by atoms with van der Waals surface area (Å²) < 4.78 is 0. The van der Waals surface area contributed by atoms with Gasteiger partial charge in [-0.3, -0.25) is 0 Å². The van der Waals surface area contributed by atoms with Crippen LogP contribution in [0.5, 0.6) is 0 Å². The van der Waals surface area contributed by atoms with E-state index in [-0.39, 0.29) is 0 Å². The predicted molar refractivity (Wildman–Crippen MR) is 30.0 cm³/mol. The molecule has 2 atom stereocenters. The molecule has 3 aliphatic carbocycles. The molecule has 0 aliphatic heterocycles. The molecule has 1 fully saturated rings. The van der Waals surface area contributed by atoms with Gasteiger partial charge in [-0.1, -0.05) is 18.6 Å². The molecular formula is C7H10. The molecule has 0 heteroatoms. The second kappa shape index (κ2) is 0.936. The highest BCUT2D eigenvalue weighted by molar-refractivity contribution is 5.26. The van der Waals surface area contributed by atoms with Crippen LogP contribution in [0.4, 0.5) is 0 Å². The molecule has 0 spiro atoms. The maximum atomic E-state index is 2.44. The Kier molecular flexibility index (Phi) is 0.495. The fourth-order valence-corrected chi connectivity index (χ4v) is 1.69. The maximum Gasteiger partial charge on any atom is -0.0188 e. The van der Waals surface area contributed by atoms with E-state index in [1.54, 1.807) is 5.57 Å². The Morgan fingerprint density at radius 1 is 1.71 bits per heavy atom. The number of allylic oxidation sites excluding steroid dienone is 2. The normalized spacial score (nSPS) is 45.6. The van der Waals surface area contributed by atoms with Crippen LogP contribution in [0.15, 0.2) is 11.6 Å². The van der Waals surface area contributed by atoms with Crippen molar-refractivity contribution in [1.82, 2.24) is 0 Å². The van der Waals surface area contributed by atoms with Crippen molar-refractivity contribution in [2.24, 2.45) is 11.8 Å². The summed E-state index contributed by atoms with van der Waals surface area (Å²) in [6, 6.07) is 0. The predicted octanol–water partition coefficient (Wildman–Crippen LogP) is 1.97.